The van der Waals surface area contributed by atoms with Crippen molar-refractivity contribution in [1.29, 1.82) is 0 Å². The molecule has 0 aliphatic heterocycles. The van der Waals surface area contributed by atoms with Crippen LogP contribution in [0.4, 0.5) is 0 Å². The molecule has 0 saturated heterocycles. The van der Waals surface area contributed by atoms with E-state index in [4.69, 9.17) is 4.74 Å². The van der Waals surface area contributed by atoms with Crippen molar-refractivity contribution in [3.63, 3.8) is 0 Å². The lowest BCUT2D eigenvalue weighted by Crippen LogP contribution is -2.37. The molecule has 9 heteroatoms. The Hall–Kier alpha value is -2.10. The van der Waals surface area contributed by atoms with E-state index < -0.39 is 10.0 Å². The average Bonchev–Trinajstić information content (AvgIpc) is 3.14. The molecule has 1 aromatic heterocycles. The van der Waals surface area contributed by atoms with Crippen LogP contribution in [-0.2, 0) is 23.0 Å². The van der Waals surface area contributed by atoms with Crippen molar-refractivity contribution in [2.75, 3.05) is 34.8 Å². The van der Waals surface area contributed by atoms with Crippen molar-refractivity contribution in [2.45, 2.75) is 17.2 Å². The number of hydrogen-bond acceptors (Lipinski definition) is 5. The van der Waals surface area contributed by atoms with Crippen LogP contribution >= 0.6 is 11.3 Å². The molecule has 0 unspecified atom stereocenters. The van der Waals surface area contributed by atoms with Gasteiger partial charge < -0.3 is 15.4 Å². The third-order valence-corrected chi connectivity index (χ3v) is 7.27. The van der Waals surface area contributed by atoms with E-state index in [1.54, 1.807) is 20.2 Å². The number of para-hydroxylation sites is 1. The Bertz CT molecular complexity index is 876. The summed E-state index contributed by atoms with van der Waals surface area (Å²) in [4.78, 5) is 5.12. The number of nitrogens with zero attached hydrogens (tertiary/aromatic N) is 2. The third-order valence-electron chi connectivity index (χ3n) is 3.90. The molecule has 1 heterocycles. The van der Waals surface area contributed by atoms with Crippen molar-refractivity contribution in [3.8, 4) is 5.75 Å². The Morgan fingerprint density at radius 2 is 1.93 bits per heavy atom. The lowest BCUT2D eigenvalue weighted by molar-refractivity contribution is 0.409. The molecule has 148 valence electrons. The fourth-order valence-corrected chi connectivity index (χ4v) is 4.85. The van der Waals surface area contributed by atoms with Crippen molar-refractivity contribution in [1.82, 2.24) is 14.9 Å². The normalized spacial score (nSPS) is 12.3. The van der Waals surface area contributed by atoms with Crippen LogP contribution in [0, 0.1) is 0 Å². The second kappa shape index (κ2) is 9.72. The standard InChI is InChI=1S/C18H26N4O3S2/c1-19-18(20-12-11-14-7-5-6-8-16(14)25-4)21-13-15-9-10-17(26-15)27(23,24)22(2)3/h5-10H,11-13H2,1-4H3,(H2,19,20,21). The highest BCUT2D eigenvalue weighted by Crippen LogP contribution is 2.23. The molecule has 2 N–H and O–H groups in total. The first kappa shape index (κ1) is 21.2. The summed E-state index contributed by atoms with van der Waals surface area (Å²) in [5, 5.41) is 6.46. The number of sulfonamides is 1. The molecule has 2 rings (SSSR count). The minimum atomic E-state index is -3.39. The van der Waals surface area contributed by atoms with Gasteiger partial charge in [0.25, 0.3) is 10.0 Å². The van der Waals surface area contributed by atoms with Gasteiger partial charge in [-0.3, -0.25) is 4.99 Å². The lowest BCUT2D eigenvalue weighted by Gasteiger charge is -2.12. The fourth-order valence-electron chi connectivity index (χ4n) is 2.39. The molecule has 0 atom stereocenters. The third kappa shape index (κ3) is 5.69. The quantitative estimate of drug-likeness (QED) is 0.513. The first-order valence-electron chi connectivity index (χ1n) is 8.46. The molecule has 2 aromatic rings. The maximum atomic E-state index is 12.1. The Morgan fingerprint density at radius 1 is 1.19 bits per heavy atom. The van der Waals surface area contributed by atoms with Gasteiger partial charge in [-0.05, 0) is 30.2 Å². The van der Waals surface area contributed by atoms with Gasteiger partial charge in [-0.15, -0.1) is 11.3 Å². The van der Waals surface area contributed by atoms with Crippen LogP contribution in [0.5, 0.6) is 5.75 Å². The molecule has 0 spiro atoms. The molecule has 1 aromatic carbocycles. The van der Waals surface area contributed by atoms with Crippen molar-refractivity contribution in [2.24, 2.45) is 4.99 Å². The predicted octanol–water partition coefficient (Wildman–Crippen LogP) is 1.91. The molecule has 0 radical (unpaired) electrons. The Kier molecular flexibility index (Phi) is 7.64. The molecule has 0 amide bonds. The highest BCUT2D eigenvalue weighted by Gasteiger charge is 2.19. The summed E-state index contributed by atoms with van der Waals surface area (Å²) in [6, 6.07) is 11.4. The molecule has 7 nitrogen and oxygen atoms in total. The second-order valence-electron chi connectivity index (χ2n) is 5.92. The Morgan fingerprint density at radius 3 is 2.59 bits per heavy atom. The smallest absolute Gasteiger partial charge is 0.252 e. The van der Waals surface area contributed by atoms with E-state index in [0.717, 1.165) is 22.6 Å². The van der Waals surface area contributed by atoms with Crippen LogP contribution in [-0.4, -0.2) is 53.5 Å². The zero-order valence-electron chi connectivity index (χ0n) is 16.0. The summed E-state index contributed by atoms with van der Waals surface area (Å²) in [6.45, 7) is 1.20. The highest BCUT2D eigenvalue weighted by molar-refractivity contribution is 7.91. The van der Waals surface area contributed by atoms with Crippen LogP contribution in [0.25, 0.3) is 0 Å². The van der Waals surface area contributed by atoms with Crippen molar-refractivity contribution >= 4 is 27.3 Å². The lowest BCUT2D eigenvalue weighted by atomic mass is 10.1. The van der Waals surface area contributed by atoms with Gasteiger partial charge in [-0.25, -0.2) is 12.7 Å². The Labute approximate surface area is 165 Å². The molecule has 0 fully saturated rings. The number of aliphatic imine (C=N–C) groups is 1. The highest BCUT2D eigenvalue weighted by atomic mass is 32.2. The Balaban J connectivity index is 1.87. The van der Waals surface area contributed by atoms with Crippen LogP contribution in [0.1, 0.15) is 10.4 Å². The van der Waals surface area contributed by atoms with Gasteiger partial charge in [0.2, 0.25) is 0 Å². The molecule has 0 aliphatic carbocycles. The van der Waals surface area contributed by atoms with Crippen LogP contribution in [0.15, 0.2) is 45.6 Å². The summed E-state index contributed by atoms with van der Waals surface area (Å²) in [6.07, 6.45) is 0.801. The minimum Gasteiger partial charge on any atom is -0.496 e. The largest absolute Gasteiger partial charge is 0.496 e. The zero-order valence-corrected chi connectivity index (χ0v) is 17.7. The van der Waals surface area contributed by atoms with Crippen LogP contribution in [0.2, 0.25) is 0 Å². The monoisotopic (exact) mass is 410 g/mol. The number of nitrogens with one attached hydrogen (secondary N) is 2. The van der Waals surface area contributed by atoms with Crippen molar-refractivity contribution in [3.05, 3.63) is 46.8 Å². The first-order chi connectivity index (χ1) is 12.9. The number of thiophene rings is 1. The molecular formula is C18H26N4O3S2. The van der Waals surface area contributed by atoms with E-state index >= 15 is 0 Å². The van der Waals surface area contributed by atoms with Crippen molar-refractivity contribution < 1.29 is 13.2 Å². The van der Waals surface area contributed by atoms with Crippen LogP contribution < -0.4 is 15.4 Å². The maximum Gasteiger partial charge on any atom is 0.252 e. The molecule has 0 aliphatic rings. The molecule has 27 heavy (non-hydrogen) atoms. The number of guanidine groups is 1. The summed E-state index contributed by atoms with van der Waals surface area (Å²) in [5.74, 6) is 1.53. The van der Waals surface area contributed by atoms with Gasteiger partial charge in [0.15, 0.2) is 5.96 Å². The number of hydrogen-bond donors (Lipinski definition) is 2. The van der Waals surface area contributed by atoms with Gasteiger partial charge in [0.05, 0.1) is 13.7 Å². The summed E-state index contributed by atoms with van der Waals surface area (Å²) >= 11 is 1.25. The average molecular weight is 411 g/mol. The van der Waals surface area contributed by atoms with E-state index in [2.05, 4.69) is 15.6 Å². The van der Waals surface area contributed by atoms with E-state index in [9.17, 15) is 8.42 Å². The minimum absolute atomic E-state index is 0.336. The fraction of sp³-hybridized carbons (Fsp3) is 0.389. The maximum absolute atomic E-state index is 12.1. The van der Waals surface area contributed by atoms with E-state index in [1.807, 2.05) is 30.3 Å². The second-order valence-corrected chi connectivity index (χ2v) is 9.47. The molecule has 0 saturated carbocycles. The SMILES string of the molecule is CN=C(NCCc1ccccc1OC)NCc1ccc(S(=O)(=O)N(C)C)s1. The van der Waals surface area contributed by atoms with E-state index in [0.29, 0.717) is 23.3 Å². The van der Waals surface area contributed by atoms with Gasteiger partial charge in [-0.1, -0.05) is 18.2 Å². The molecule has 0 bridgehead atoms. The zero-order chi connectivity index (χ0) is 19.9. The van der Waals surface area contributed by atoms with Gasteiger partial charge in [0.1, 0.15) is 9.96 Å². The van der Waals surface area contributed by atoms with Gasteiger partial charge >= 0.3 is 0 Å². The predicted molar refractivity (Wildman–Crippen MR) is 110 cm³/mol. The number of methoxy groups -OCH3 is 1. The number of benzene rings is 1. The van der Waals surface area contributed by atoms with Gasteiger partial charge in [0, 0.05) is 32.6 Å². The summed E-state index contributed by atoms with van der Waals surface area (Å²) in [7, 11) is 3.04. The summed E-state index contributed by atoms with van der Waals surface area (Å²) in [5.41, 5.74) is 1.12. The van der Waals surface area contributed by atoms with E-state index in [1.165, 1.54) is 29.7 Å². The summed E-state index contributed by atoms with van der Waals surface area (Å²) < 4.78 is 31.2. The van der Waals surface area contributed by atoms with Crippen LogP contribution in [0.3, 0.4) is 0 Å². The van der Waals surface area contributed by atoms with E-state index in [-0.39, 0.29) is 0 Å². The number of ether oxygens (including phenoxy) is 1. The first-order valence-corrected chi connectivity index (χ1v) is 10.7. The van der Waals surface area contributed by atoms with Gasteiger partial charge in [-0.2, -0.15) is 0 Å². The molecular weight excluding hydrogens is 384 g/mol. The number of rotatable bonds is 8. The topological polar surface area (TPSA) is 83.0 Å².